The maximum atomic E-state index is 9.52. The van der Waals surface area contributed by atoms with Crippen molar-refractivity contribution >= 4 is 0 Å². The third kappa shape index (κ3) is 3.77. The molecule has 21 heavy (non-hydrogen) atoms. The van der Waals surface area contributed by atoms with Crippen LogP contribution in [0.2, 0.25) is 0 Å². The molecule has 1 N–H and O–H groups in total. The number of nitriles is 1. The fraction of sp³-hybridized carbons (Fsp3) is 0.941. The van der Waals surface area contributed by atoms with E-state index in [4.69, 9.17) is 0 Å². The number of nitrogens with zero attached hydrogens (tertiary/aromatic N) is 3. The summed E-state index contributed by atoms with van der Waals surface area (Å²) in [5, 5.41) is 12.8. The van der Waals surface area contributed by atoms with E-state index in [1.807, 2.05) is 7.05 Å². The molecule has 0 radical (unpaired) electrons. The van der Waals surface area contributed by atoms with Gasteiger partial charge in [-0.25, -0.2) is 0 Å². The van der Waals surface area contributed by atoms with Crippen LogP contribution < -0.4 is 5.32 Å². The molecule has 3 atom stereocenters. The quantitative estimate of drug-likeness (QED) is 0.780. The Morgan fingerprint density at radius 2 is 2.19 bits per heavy atom. The molecule has 4 heteroatoms. The normalized spacial score (nSPS) is 33.7. The molecule has 0 spiro atoms. The first-order chi connectivity index (χ1) is 10.1. The molecule has 4 nitrogen and oxygen atoms in total. The van der Waals surface area contributed by atoms with Crippen molar-refractivity contribution in [2.75, 3.05) is 40.3 Å². The summed E-state index contributed by atoms with van der Waals surface area (Å²) >= 11 is 0. The van der Waals surface area contributed by atoms with Gasteiger partial charge in [-0.05, 0) is 71.8 Å². The molecule has 120 valence electrons. The number of nitrogens with one attached hydrogen (secondary N) is 1. The number of rotatable bonds is 7. The Morgan fingerprint density at radius 1 is 1.38 bits per heavy atom. The minimum Gasteiger partial charge on any atom is -0.305 e. The van der Waals surface area contributed by atoms with Crippen LogP contribution in [-0.4, -0.2) is 61.7 Å². The van der Waals surface area contributed by atoms with Gasteiger partial charge in [0, 0.05) is 12.6 Å². The van der Waals surface area contributed by atoms with Gasteiger partial charge in [-0.2, -0.15) is 5.26 Å². The Hall–Kier alpha value is -0.630. The third-order valence-corrected chi connectivity index (χ3v) is 5.75. The summed E-state index contributed by atoms with van der Waals surface area (Å²) in [4.78, 5) is 5.09. The zero-order valence-electron chi connectivity index (χ0n) is 14.1. The molecule has 0 aromatic heterocycles. The van der Waals surface area contributed by atoms with Gasteiger partial charge in [-0.3, -0.25) is 4.90 Å². The third-order valence-electron chi connectivity index (χ3n) is 5.75. The first kappa shape index (κ1) is 16.7. The summed E-state index contributed by atoms with van der Waals surface area (Å²) in [5.41, 5.74) is -0.260. The van der Waals surface area contributed by atoms with E-state index in [-0.39, 0.29) is 5.54 Å². The van der Waals surface area contributed by atoms with Crippen molar-refractivity contribution in [2.45, 2.75) is 57.0 Å². The molecular weight excluding hydrogens is 260 g/mol. The summed E-state index contributed by atoms with van der Waals surface area (Å²) < 4.78 is 0. The second-order valence-corrected chi connectivity index (χ2v) is 6.90. The molecule has 1 aliphatic heterocycles. The molecule has 1 saturated heterocycles. The van der Waals surface area contributed by atoms with Gasteiger partial charge < -0.3 is 10.2 Å². The zero-order valence-corrected chi connectivity index (χ0v) is 14.1. The second kappa shape index (κ2) is 7.58. The summed E-state index contributed by atoms with van der Waals surface area (Å²) in [6.45, 7) is 7.02. The standard InChI is InChI=1S/C17H32N4/c1-4-21-11-6-8-16(21)13-20(3)12-9-15-7-5-10-17(15,14-18)19-2/h15-16,19H,4-13H2,1-3H3. The smallest absolute Gasteiger partial charge is 0.109 e. The zero-order chi connectivity index (χ0) is 15.3. The number of likely N-dealkylation sites (N-methyl/N-ethyl adjacent to an activating group) is 2. The molecule has 1 saturated carbocycles. The van der Waals surface area contributed by atoms with Crippen molar-refractivity contribution in [3.8, 4) is 6.07 Å². The molecule has 1 aliphatic carbocycles. The maximum absolute atomic E-state index is 9.52. The number of hydrogen-bond acceptors (Lipinski definition) is 4. The SMILES string of the molecule is CCN1CCCC1CN(C)CCC1CCCC1(C#N)NC. The topological polar surface area (TPSA) is 42.3 Å². The average Bonchev–Trinajstić information content (AvgIpc) is 3.11. The second-order valence-electron chi connectivity index (χ2n) is 6.90. The lowest BCUT2D eigenvalue weighted by Gasteiger charge is -2.31. The van der Waals surface area contributed by atoms with E-state index in [2.05, 4.69) is 35.2 Å². The van der Waals surface area contributed by atoms with Crippen molar-refractivity contribution in [1.82, 2.24) is 15.1 Å². The number of likely N-dealkylation sites (tertiary alicyclic amines) is 1. The largest absolute Gasteiger partial charge is 0.305 e. The van der Waals surface area contributed by atoms with Crippen LogP contribution in [0.3, 0.4) is 0 Å². The summed E-state index contributed by atoms with van der Waals surface area (Å²) in [7, 11) is 4.19. The predicted octanol–water partition coefficient (Wildman–Crippen LogP) is 2.07. The highest BCUT2D eigenvalue weighted by Crippen LogP contribution is 2.37. The fourth-order valence-electron chi connectivity index (χ4n) is 4.35. The molecule has 0 aromatic carbocycles. The molecule has 2 fully saturated rings. The van der Waals surface area contributed by atoms with E-state index in [9.17, 15) is 5.26 Å². The van der Waals surface area contributed by atoms with E-state index >= 15 is 0 Å². The number of hydrogen-bond donors (Lipinski definition) is 1. The molecule has 0 amide bonds. The summed E-state index contributed by atoms with van der Waals surface area (Å²) in [5.74, 6) is 0.515. The Balaban J connectivity index is 1.79. The average molecular weight is 292 g/mol. The molecular formula is C17H32N4. The van der Waals surface area contributed by atoms with Crippen LogP contribution in [0.15, 0.2) is 0 Å². The van der Waals surface area contributed by atoms with Crippen molar-refractivity contribution in [3.63, 3.8) is 0 Å². The van der Waals surface area contributed by atoms with Crippen LogP contribution in [0.1, 0.15) is 45.4 Å². The monoisotopic (exact) mass is 292 g/mol. The lowest BCUT2D eigenvalue weighted by Crippen LogP contribution is -2.46. The Morgan fingerprint density at radius 3 is 2.86 bits per heavy atom. The molecule has 1 heterocycles. The molecule has 3 unspecified atom stereocenters. The predicted molar refractivity (Wildman–Crippen MR) is 87.1 cm³/mol. The summed E-state index contributed by atoms with van der Waals surface area (Å²) in [6, 6.07) is 3.30. The summed E-state index contributed by atoms with van der Waals surface area (Å²) in [6.07, 6.45) is 7.25. The van der Waals surface area contributed by atoms with E-state index in [0.29, 0.717) is 5.92 Å². The minimum atomic E-state index is -0.260. The highest BCUT2D eigenvalue weighted by molar-refractivity contribution is 5.13. The Labute approximate surface area is 130 Å². The van der Waals surface area contributed by atoms with Crippen LogP contribution >= 0.6 is 0 Å². The van der Waals surface area contributed by atoms with Crippen molar-refractivity contribution in [1.29, 1.82) is 5.26 Å². The molecule has 0 aromatic rings. The van der Waals surface area contributed by atoms with Gasteiger partial charge in [0.05, 0.1) is 6.07 Å². The van der Waals surface area contributed by atoms with Crippen molar-refractivity contribution in [2.24, 2.45) is 5.92 Å². The van der Waals surface area contributed by atoms with Crippen LogP contribution in [-0.2, 0) is 0 Å². The van der Waals surface area contributed by atoms with E-state index in [1.165, 1.54) is 45.3 Å². The molecule has 2 aliphatic rings. The van der Waals surface area contributed by atoms with Crippen LogP contribution in [0.25, 0.3) is 0 Å². The van der Waals surface area contributed by atoms with Crippen molar-refractivity contribution < 1.29 is 0 Å². The van der Waals surface area contributed by atoms with Gasteiger partial charge in [0.15, 0.2) is 0 Å². The lowest BCUT2D eigenvalue weighted by molar-refractivity contribution is 0.185. The molecule has 0 bridgehead atoms. The first-order valence-electron chi connectivity index (χ1n) is 8.68. The first-order valence-corrected chi connectivity index (χ1v) is 8.68. The Kier molecular flexibility index (Phi) is 6.04. The van der Waals surface area contributed by atoms with Gasteiger partial charge in [-0.15, -0.1) is 0 Å². The van der Waals surface area contributed by atoms with Crippen molar-refractivity contribution in [3.05, 3.63) is 0 Å². The van der Waals surface area contributed by atoms with Gasteiger partial charge in [-0.1, -0.05) is 13.3 Å². The highest BCUT2D eigenvalue weighted by Gasteiger charge is 2.41. The van der Waals surface area contributed by atoms with Gasteiger partial charge in [0.1, 0.15) is 5.54 Å². The molecule has 2 rings (SSSR count). The highest BCUT2D eigenvalue weighted by atomic mass is 15.2. The van der Waals surface area contributed by atoms with Crippen LogP contribution in [0, 0.1) is 17.2 Å². The van der Waals surface area contributed by atoms with Gasteiger partial charge >= 0.3 is 0 Å². The lowest BCUT2D eigenvalue weighted by atomic mass is 9.86. The van der Waals surface area contributed by atoms with Gasteiger partial charge in [0.2, 0.25) is 0 Å². The van der Waals surface area contributed by atoms with Crippen LogP contribution in [0.4, 0.5) is 0 Å². The van der Waals surface area contributed by atoms with E-state index < -0.39 is 0 Å². The Bertz CT molecular complexity index is 364. The van der Waals surface area contributed by atoms with Gasteiger partial charge in [0.25, 0.3) is 0 Å². The fourth-order valence-corrected chi connectivity index (χ4v) is 4.35. The maximum Gasteiger partial charge on any atom is 0.109 e. The minimum absolute atomic E-state index is 0.260. The van der Waals surface area contributed by atoms with E-state index in [1.54, 1.807) is 0 Å². The van der Waals surface area contributed by atoms with E-state index in [0.717, 1.165) is 25.4 Å². The van der Waals surface area contributed by atoms with Crippen LogP contribution in [0.5, 0.6) is 0 Å².